The number of hydrogen-bond acceptors (Lipinski definition) is 4. The van der Waals surface area contributed by atoms with E-state index >= 15 is 0 Å². The molecule has 2 aliphatic rings. The van der Waals surface area contributed by atoms with E-state index in [1.807, 2.05) is 0 Å². The highest BCUT2D eigenvalue weighted by molar-refractivity contribution is 5.89. The van der Waals surface area contributed by atoms with Crippen LogP contribution in [0, 0.1) is 11.8 Å². The van der Waals surface area contributed by atoms with Crippen molar-refractivity contribution in [1.82, 2.24) is 10.4 Å². The van der Waals surface area contributed by atoms with Gasteiger partial charge in [0.15, 0.2) is 0 Å². The molecule has 2 saturated carbocycles. The first kappa shape index (κ1) is 30.6. The van der Waals surface area contributed by atoms with Crippen molar-refractivity contribution in [3.05, 3.63) is 0 Å². The van der Waals surface area contributed by atoms with Crippen molar-refractivity contribution < 1.29 is 19.6 Å². The number of rotatable bonds is 14. The van der Waals surface area contributed by atoms with Gasteiger partial charge in [0, 0.05) is 25.3 Å². The van der Waals surface area contributed by atoms with Crippen LogP contribution in [0.5, 0.6) is 0 Å². The van der Waals surface area contributed by atoms with Gasteiger partial charge in [-0.25, -0.2) is 5.48 Å². The quantitative estimate of drug-likeness (QED) is 0.167. The van der Waals surface area contributed by atoms with E-state index in [9.17, 15) is 14.4 Å². The summed E-state index contributed by atoms with van der Waals surface area (Å²) >= 11 is 0. The van der Waals surface area contributed by atoms with Crippen molar-refractivity contribution in [1.29, 1.82) is 0 Å². The van der Waals surface area contributed by atoms with E-state index in [-0.39, 0.29) is 30.6 Å². The van der Waals surface area contributed by atoms with E-state index in [4.69, 9.17) is 5.21 Å². The topological polar surface area (TPSA) is 86.7 Å². The molecule has 0 aromatic heterocycles. The summed E-state index contributed by atoms with van der Waals surface area (Å²) in [7, 11) is 0. The molecule has 34 heavy (non-hydrogen) atoms. The van der Waals surface area contributed by atoms with Crippen LogP contribution in [0.3, 0.4) is 0 Å². The molecule has 0 spiro atoms. The Kier molecular flexibility index (Phi) is 17.8. The molecule has 2 N–H and O–H groups in total. The van der Waals surface area contributed by atoms with Gasteiger partial charge in [0.05, 0.1) is 0 Å². The summed E-state index contributed by atoms with van der Waals surface area (Å²) in [6.07, 6.45) is 21.6. The van der Waals surface area contributed by atoms with E-state index in [1.54, 1.807) is 5.48 Å². The molecule has 198 valence electrons. The zero-order valence-electron chi connectivity index (χ0n) is 22.1. The first-order chi connectivity index (χ1) is 16.5. The predicted molar refractivity (Wildman–Crippen MR) is 138 cm³/mol. The number of nitrogens with one attached hydrogen (secondary N) is 1. The van der Waals surface area contributed by atoms with E-state index in [0.717, 1.165) is 44.4 Å². The first-order valence-corrected chi connectivity index (χ1v) is 14.2. The minimum Gasteiger partial charge on any atom is -0.333 e. The molecular weight excluding hydrogens is 428 g/mol. The summed E-state index contributed by atoms with van der Waals surface area (Å²) in [5.41, 5.74) is 1.59. The molecule has 0 aliphatic heterocycles. The summed E-state index contributed by atoms with van der Waals surface area (Å²) in [5, 5.41) is 8.75. The lowest BCUT2D eigenvalue weighted by Crippen LogP contribution is -2.41. The molecule has 0 aromatic carbocycles. The van der Waals surface area contributed by atoms with Crippen LogP contribution in [-0.2, 0) is 14.4 Å². The van der Waals surface area contributed by atoms with Crippen LogP contribution >= 0.6 is 0 Å². The van der Waals surface area contributed by atoms with Crippen LogP contribution < -0.4 is 5.48 Å². The smallest absolute Gasteiger partial charge is 0.262 e. The molecule has 2 fully saturated rings. The highest BCUT2D eigenvalue weighted by Crippen LogP contribution is 2.25. The Morgan fingerprint density at radius 3 is 2.06 bits per heavy atom. The highest BCUT2D eigenvalue weighted by Gasteiger charge is 2.27. The summed E-state index contributed by atoms with van der Waals surface area (Å²) < 4.78 is 0. The van der Waals surface area contributed by atoms with Gasteiger partial charge in [-0.1, -0.05) is 104 Å². The van der Waals surface area contributed by atoms with Crippen LogP contribution in [0.15, 0.2) is 0 Å². The van der Waals surface area contributed by atoms with Gasteiger partial charge >= 0.3 is 0 Å². The fraction of sp³-hybridized carbons (Fsp3) is 0.893. The molecular formula is C28H52N2O4. The Morgan fingerprint density at radius 2 is 1.50 bits per heavy atom. The molecule has 0 radical (unpaired) electrons. The largest absolute Gasteiger partial charge is 0.333 e. The highest BCUT2D eigenvalue weighted by atomic mass is 16.5. The van der Waals surface area contributed by atoms with Crippen LogP contribution in [0.1, 0.15) is 136 Å². The lowest BCUT2D eigenvalue weighted by atomic mass is 9.85. The Morgan fingerprint density at radius 1 is 0.882 bits per heavy atom. The number of ketones is 1. The van der Waals surface area contributed by atoms with Gasteiger partial charge in [-0.05, 0) is 25.2 Å². The van der Waals surface area contributed by atoms with Gasteiger partial charge in [-0.2, -0.15) is 0 Å². The molecule has 1 unspecified atom stereocenters. The number of hydroxylamine groups is 1. The lowest BCUT2D eigenvalue weighted by Gasteiger charge is -2.25. The standard InChI is InChI=1S/C20H36N2O4.C8H16/c1-2-3-4-5-6-7-8-11-14-22(16-19(24)21-26)20(25)15-17-12-9-10-13-18(17)23;1-2-8-6-4-3-5-7-8/h17,26H,2-16H2,1H3,(H,21,24);8H,2-7H2,1H3. The molecule has 2 rings (SSSR count). The second-order valence-corrected chi connectivity index (χ2v) is 10.4. The van der Waals surface area contributed by atoms with E-state index in [2.05, 4.69) is 13.8 Å². The third kappa shape index (κ3) is 14.1. The molecule has 0 aromatic rings. The molecule has 6 heteroatoms. The number of Topliss-reactive ketones (excluding diaryl/α,β-unsaturated/α-hetero) is 1. The van der Waals surface area contributed by atoms with Crippen molar-refractivity contribution in [2.75, 3.05) is 13.1 Å². The average Bonchev–Trinajstić information content (AvgIpc) is 2.87. The third-order valence-electron chi connectivity index (χ3n) is 7.50. The number of carbonyl (C=O) groups is 3. The Bertz CT molecular complexity index is 561. The summed E-state index contributed by atoms with van der Waals surface area (Å²) in [6, 6.07) is 0. The molecule has 0 heterocycles. The molecule has 2 aliphatic carbocycles. The second kappa shape index (κ2) is 19.8. The maximum atomic E-state index is 12.6. The number of amides is 2. The number of nitrogens with zero attached hydrogens (tertiary/aromatic N) is 1. The molecule has 1 atom stereocenters. The fourth-order valence-corrected chi connectivity index (χ4v) is 5.14. The summed E-state index contributed by atoms with van der Waals surface area (Å²) in [5.74, 6) is 0.311. The first-order valence-electron chi connectivity index (χ1n) is 14.2. The second-order valence-electron chi connectivity index (χ2n) is 10.4. The third-order valence-corrected chi connectivity index (χ3v) is 7.50. The maximum absolute atomic E-state index is 12.6. The zero-order valence-corrected chi connectivity index (χ0v) is 22.1. The minimum absolute atomic E-state index is 0.146. The van der Waals surface area contributed by atoms with Gasteiger partial charge in [-0.15, -0.1) is 0 Å². The van der Waals surface area contributed by atoms with E-state index in [1.165, 1.54) is 75.5 Å². The van der Waals surface area contributed by atoms with Crippen molar-refractivity contribution in [3.8, 4) is 0 Å². The Hall–Kier alpha value is -1.43. The summed E-state index contributed by atoms with van der Waals surface area (Å²) in [4.78, 5) is 37.5. The average molecular weight is 481 g/mol. The van der Waals surface area contributed by atoms with Crippen molar-refractivity contribution in [2.45, 2.75) is 136 Å². The van der Waals surface area contributed by atoms with Crippen molar-refractivity contribution >= 4 is 17.6 Å². The van der Waals surface area contributed by atoms with E-state index in [0.29, 0.717) is 13.0 Å². The predicted octanol–water partition coefficient (Wildman–Crippen LogP) is 6.59. The molecule has 0 bridgehead atoms. The Labute approximate surface area is 208 Å². The van der Waals surface area contributed by atoms with Gasteiger partial charge in [0.2, 0.25) is 5.91 Å². The number of unbranched alkanes of at least 4 members (excludes halogenated alkanes) is 7. The SMILES string of the molecule is CCC1CCCCC1.CCCCCCCCCCN(CC(=O)NO)C(=O)CC1CCCCC1=O. The lowest BCUT2D eigenvalue weighted by molar-refractivity contribution is -0.141. The molecule has 2 amide bonds. The van der Waals surface area contributed by atoms with E-state index < -0.39 is 5.91 Å². The van der Waals surface area contributed by atoms with Gasteiger partial charge in [0.1, 0.15) is 12.3 Å². The molecule has 0 saturated heterocycles. The Balaban J connectivity index is 0.000000605. The van der Waals surface area contributed by atoms with Crippen LogP contribution in [0.4, 0.5) is 0 Å². The minimum atomic E-state index is -0.590. The van der Waals surface area contributed by atoms with Crippen LogP contribution in [0.25, 0.3) is 0 Å². The summed E-state index contributed by atoms with van der Waals surface area (Å²) in [6.45, 7) is 4.87. The van der Waals surface area contributed by atoms with Crippen molar-refractivity contribution in [3.63, 3.8) is 0 Å². The number of carbonyl (C=O) groups excluding carboxylic acids is 3. The van der Waals surface area contributed by atoms with Gasteiger partial charge in [-0.3, -0.25) is 19.6 Å². The fourth-order valence-electron chi connectivity index (χ4n) is 5.14. The van der Waals surface area contributed by atoms with Crippen LogP contribution in [0.2, 0.25) is 0 Å². The maximum Gasteiger partial charge on any atom is 0.262 e. The molecule has 6 nitrogen and oxygen atoms in total. The van der Waals surface area contributed by atoms with Crippen LogP contribution in [-0.4, -0.2) is 40.8 Å². The van der Waals surface area contributed by atoms with Crippen molar-refractivity contribution in [2.24, 2.45) is 11.8 Å². The monoisotopic (exact) mass is 480 g/mol. The zero-order chi connectivity index (χ0) is 25.0. The van der Waals surface area contributed by atoms with Gasteiger partial charge in [0.25, 0.3) is 5.91 Å². The number of hydrogen-bond donors (Lipinski definition) is 2. The van der Waals surface area contributed by atoms with Gasteiger partial charge < -0.3 is 4.90 Å². The normalized spacial score (nSPS) is 18.7.